The van der Waals surface area contributed by atoms with Crippen LogP contribution in [0.1, 0.15) is 17.0 Å². The standard InChI is InChI=1S/C17H14N4S/c1-12-7-9-14(10-8-12)16-20-21-15(18-19-17(21)22-16)11-13-5-3-2-4-6-13/h2-10H,11H2,1H3. The van der Waals surface area contributed by atoms with Crippen LogP contribution in [0.2, 0.25) is 0 Å². The van der Waals surface area contributed by atoms with Crippen molar-refractivity contribution in [2.75, 3.05) is 0 Å². The molecule has 4 aromatic rings. The molecule has 0 aliphatic heterocycles. The van der Waals surface area contributed by atoms with Gasteiger partial charge < -0.3 is 0 Å². The summed E-state index contributed by atoms with van der Waals surface area (Å²) in [6.07, 6.45) is 0.735. The molecule has 0 fully saturated rings. The molecule has 0 amide bonds. The van der Waals surface area contributed by atoms with E-state index in [0.29, 0.717) is 0 Å². The third-order valence-electron chi connectivity index (χ3n) is 3.56. The zero-order valence-electron chi connectivity index (χ0n) is 12.1. The summed E-state index contributed by atoms with van der Waals surface area (Å²) in [4.78, 5) is 0.835. The highest BCUT2D eigenvalue weighted by atomic mass is 32.1. The van der Waals surface area contributed by atoms with Gasteiger partial charge in [-0.3, -0.25) is 0 Å². The molecule has 4 nitrogen and oxygen atoms in total. The second-order valence-electron chi connectivity index (χ2n) is 5.25. The van der Waals surface area contributed by atoms with Crippen LogP contribution in [0, 0.1) is 6.92 Å². The van der Waals surface area contributed by atoms with E-state index in [1.54, 1.807) is 11.3 Å². The van der Waals surface area contributed by atoms with E-state index in [1.807, 2.05) is 22.7 Å². The molecule has 0 saturated carbocycles. The topological polar surface area (TPSA) is 43.1 Å². The minimum Gasteiger partial charge on any atom is -0.187 e. The third-order valence-corrected chi connectivity index (χ3v) is 4.51. The lowest BCUT2D eigenvalue weighted by Crippen LogP contribution is -1.97. The Morgan fingerprint density at radius 3 is 2.50 bits per heavy atom. The Morgan fingerprint density at radius 2 is 1.73 bits per heavy atom. The van der Waals surface area contributed by atoms with Gasteiger partial charge in [0, 0.05) is 12.0 Å². The van der Waals surface area contributed by atoms with Crippen molar-refractivity contribution in [1.29, 1.82) is 0 Å². The molecule has 108 valence electrons. The molecule has 0 N–H and O–H groups in total. The maximum atomic E-state index is 4.68. The number of rotatable bonds is 3. The van der Waals surface area contributed by atoms with Crippen molar-refractivity contribution >= 4 is 16.3 Å². The molecule has 0 aliphatic carbocycles. The summed E-state index contributed by atoms with van der Waals surface area (Å²) < 4.78 is 1.85. The predicted octanol–water partition coefficient (Wildman–Crippen LogP) is 3.75. The van der Waals surface area contributed by atoms with Crippen LogP contribution in [-0.2, 0) is 6.42 Å². The van der Waals surface area contributed by atoms with Crippen molar-refractivity contribution in [3.63, 3.8) is 0 Å². The number of benzene rings is 2. The molecule has 0 bridgehead atoms. The zero-order chi connectivity index (χ0) is 14.9. The summed E-state index contributed by atoms with van der Waals surface area (Å²) in [5.74, 6) is 0.871. The van der Waals surface area contributed by atoms with Crippen LogP contribution in [-0.4, -0.2) is 19.8 Å². The van der Waals surface area contributed by atoms with Crippen molar-refractivity contribution in [1.82, 2.24) is 19.8 Å². The summed E-state index contributed by atoms with van der Waals surface area (Å²) in [6.45, 7) is 2.08. The molecule has 0 saturated heterocycles. The molecule has 0 aliphatic rings. The molecule has 2 aromatic heterocycles. The molecule has 4 rings (SSSR count). The number of fused-ring (bicyclic) bond motifs is 1. The van der Waals surface area contributed by atoms with Gasteiger partial charge in [-0.1, -0.05) is 71.5 Å². The van der Waals surface area contributed by atoms with Gasteiger partial charge in [0.2, 0.25) is 4.96 Å². The van der Waals surface area contributed by atoms with E-state index >= 15 is 0 Å². The van der Waals surface area contributed by atoms with Gasteiger partial charge in [0.15, 0.2) is 5.82 Å². The van der Waals surface area contributed by atoms with Gasteiger partial charge in [0.05, 0.1) is 0 Å². The molecule has 5 heteroatoms. The number of aryl methyl sites for hydroxylation is 1. The molecule has 2 heterocycles. The summed E-state index contributed by atoms with van der Waals surface area (Å²) >= 11 is 1.57. The fourth-order valence-electron chi connectivity index (χ4n) is 2.36. The Labute approximate surface area is 132 Å². The van der Waals surface area contributed by atoms with Crippen LogP contribution < -0.4 is 0 Å². The van der Waals surface area contributed by atoms with E-state index in [2.05, 4.69) is 58.6 Å². The van der Waals surface area contributed by atoms with Crippen molar-refractivity contribution in [2.24, 2.45) is 0 Å². The van der Waals surface area contributed by atoms with Crippen LogP contribution in [0.3, 0.4) is 0 Å². The van der Waals surface area contributed by atoms with Crippen LogP contribution in [0.5, 0.6) is 0 Å². The maximum absolute atomic E-state index is 4.68. The lowest BCUT2D eigenvalue weighted by molar-refractivity contribution is 0.854. The van der Waals surface area contributed by atoms with E-state index in [9.17, 15) is 0 Å². The largest absolute Gasteiger partial charge is 0.234 e. The summed E-state index contributed by atoms with van der Waals surface area (Å²) in [5.41, 5.74) is 3.57. The average Bonchev–Trinajstić information content (AvgIpc) is 3.11. The first-order valence-corrected chi connectivity index (χ1v) is 7.93. The molecule has 0 spiro atoms. The Kier molecular flexibility index (Phi) is 3.20. The molecular weight excluding hydrogens is 292 g/mol. The third kappa shape index (κ3) is 2.40. The van der Waals surface area contributed by atoms with Crippen molar-refractivity contribution < 1.29 is 0 Å². The number of hydrogen-bond donors (Lipinski definition) is 0. The summed E-state index contributed by atoms with van der Waals surface area (Å²) in [7, 11) is 0. The lowest BCUT2D eigenvalue weighted by Gasteiger charge is -1.98. The Bertz CT molecular complexity index is 907. The second kappa shape index (κ2) is 5.35. The highest BCUT2D eigenvalue weighted by Gasteiger charge is 2.13. The van der Waals surface area contributed by atoms with Gasteiger partial charge in [-0.25, -0.2) is 0 Å². The lowest BCUT2D eigenvalue weighted by atomic mass is 10.1. The quantitative estimate of drug-likeness (QED) is 0.579. The van der Waals surface area contributed by atoms with Crippen molar-refractivity contribution in [2.45, 2.75) is 13.3 Å². The molecule has 22 heavy (non-hydrogen) atoms. The maximum Gasteiger partial charge on any atom is 0.234 e. The number of hydrogen-bond acceptors (Lipinski definition) is 4. The molecule has 0 radical (unpaired) electrons. The summed E-state index contributed by atoms with van der Waals surface area (Å²) in [6, 6.07) is 18.7. The van der Waals surface area contributed by atoms with Gasteiger partial charge in [-0.05, 0) is 12.5 Å². The minimum absolute atomic E-state index is 0.735. The van der Waals surface area contributed by atoms with E-state index in [-0.39, 0.29) is 0 Å². The fraction of sp³-hybridized carbons (Fsp3) is 0.118. The highest BCUT2D eigenvalue weighted by Crippen LogP contribution is 2.26. The van der Waals surface area contributed by atoms with Gasteiger partial charge >= 0.3 is 0 Å². The van der Waals surface area contributed by atoms with E-state index in [1.165, 1.54) is 11.1 Å². The van der Waals surface area contributed by atoms with E-state index < -0.39 is 0 Å². The van der Waals surface area contributed by atoms with Crippen molar-refractivity contribution in [3.05, 3.63) is 71.5 Å². The first kappa shape index (κ1) is 13.2. The average molecular weight is 306 g/mol. The Hall–Kier alpha value is -2.53. The Balaban J connectivity index is 1.71. The van der Waals surface area contributed by atoms with Gasteiger partial charge in [-0.15, -0.1) is 10.2 Å². The molecule has 2 aromatic carbocycles. The van der Waals surface area contributed by atoms with Gasteiger partial charge in [0.25, 0.3) is 0 Å². The van der Waals surface area contributed by atoms with Gasteiger partial charge in [-0.2, -0.15) is 9.61 Å². The smallest absolute Gasteiger partial charge is 0.187 e. The van der Waals surface area contributed by atoms with Crippen LogP contribution in [0.15, 0.2) is 54.6 Å². The monoisotopic (exact) mass is 306 g/mol. The normalized spacial score (nSPS) is 11.1. The zero-order valence-corrected chi connectivity index (χ0v) is 12.9. The molecule has 0 unspecified atom stereocenters. The predicted molar refractivity (Wildman–Crippen MR) is 88.1 cm³/mol. The number of nitrogens with zero attached hydrogens (tertiary/aromatic N) is 4. The van der Waals surface area contributed by atoms with Crippen LogP contribution >= 0.6 is 11.3 Å². The summed E-state index contributed by atoms with van der Waals surface area (Å²) in [5, 5.41) is 14.2. The first-order valence-electron chi connectivity index (χ1n) is 7.12. The highest BCUT2D eigenvalue weighted by molar-refractivity contribution is 7.19. The van der Waals surface area contributed by atoms with Crippen molar-refractivity contribution in [3.8, 4) is 10.6 Å². The fourth-order valence-corrected chi connectivity index (χ4v) is 3.22. The van der Waals surface area contributed by atoms with Crippen LogP contribution in [0.4, 0.5) is 0 Å². The SMILES string of the molecule is Cc1ccc(-c2nn3c(Cc4ccccc4)nnc3s2)cc1. The van der Waals surface area contributed by atoms with E-state index in [0.717, 1.165) is 27.8 Å². The Morgan fingerprint density at radius 1 is 0.955 bits per heavy atom. The van der Waals surface area contributed by atoms with E-state index in [4.69, 9.17) is 0 Å². The second-order valence-corrected chi connectivity index (χ2v) is 6.20. The first-order chi connectivity index (χ1) is 10.8. The molecule has 0 atom stereocenters. The van der Waals surface area contributed by atoms with Gasteiger partial charge in [0.1, 0.15) is 5.01 Å². The van der Waals surface area contributed by atoms with Crippen LogP contribution in [0.25, 0.3) is 15.5 Å². The number of aromatic nitrogens is 4. The minimum atomic E-state index is 0.735. The molecular formula is C17H14N4S.